The molecule has 4 heteroatoms. The molecule has 1 N–H and O–H groups in total. The van der Waals surface area contributed by atoms with E-state index < -0.39 is 0 Å². The molecule has 0 aliphatic carbocycles. The summed E-state index contributed by atoms with van der Waals surface area (Å²) in [6, 6.07) is 0. The molecule has 1 heterocycles. The highest BCUT2D eigenvalue weighted by molar-refractivity contribution is 7.09. The van der Waals surface area contributed by atoms with Crippen molar-refractivity contribution in [1.29, 1.82) is 0 Å². The lowest BCUT2D eigenvalue weighted by atomic mass is 9.95. The second kappa shape index (κ2) is 6.33. The van der Waals surface area contributed by atoms with E-state index in [-0.39, 0.29) is 5.54 Å². The Bertz CT molecular complexity index is 308. The first kappa shape index (κ1) is 13.6. The molecule has 0 aliphatic heterocycles. The summed E-state index contributed by atoms with van der Waals surface area (Å²) in [5.41, 5.74) is 1.34. The van der Waals surface area contributed by atoms with Crippen molar-refractivity contribution in [2.75, 3.05) is 7.11 Å². The molecule has 16 heavy (non-hydrogen) atoms. The number of methoxy groups -OCH3 is 1. The minimum absolute atomic E-state index is 0.227. The zero-order chi connectivity index (χ0) is 12.0. The maximum Gasteiger partial charge on any atom is 0.119 e. The summed E-state index contributed by atoms with van der Waals surface area (Å²) in [6.07, 6.45) is 2.27. The van der Waals surface area contributed by atoms with Crippen LogP contribution in [0.15, 0.2) is 5.38 Å². The van der Waals surface area contributed by atoms with Crippen LogP contribution in [-0.2, 0) is 17.9 Å². The highest BCUT2D eigenvalue weighted by Gasteiger charge is 2.18. The topological polar surface area (TPSA) is 34.1 Å². The first-order valence-corrected chi connectivity index (χ1v) is 6.68. The van der Waals surface area contributed by atoms with E-state index in [1.807, 2.05) is 0 Å². The molecule has 92 valence electrons. The number of nitrogens with zero attached hydrogens (tertiary/aromatic N) is 1. The van der Waals surface area contributed by atoms with Crippen LogP contribution in [0, 0.1) is 0 Å². The highest BCUT2D eigenvalue weighted by atomic mass is 32.1. The van der Waals surface area contributed by atoms with Crippen LogP contribution < -0.4 is 5.32 Å². The monoisotopic (exact) mass is 242 g/mol. The summed E-state index contributed by atoms with van der Waals surface area (Å²) in [6.45, 7) is 8.15. The molecule has 0 radical (unpaired) electrons. The van der Waals surface area contributed by atoms with Crippen molar-refractivity contribution >= 4 is 11.3 Å². The highest BCUT2D eigenvalue weighted by Crippen LogP contribution is 2.16. The largest absolute Gasteiger partial charge is 0.378 e. The Morgan fingerprint density at radius 1 is 1.44 bits per heavy atom. The normalized spacial score (nSPS) is 12.0. The molecule has 0 bridgehead atoms. The SMILES string of the molecule is CCC(C)(CC)NCc1csc(COC)n1. The first-order chi connectivity index (χ1) is 7.63. The van der Waals surface area contributed by atoms with Crippen molar-refractivity contribution in [1.82, 2.24) is 10.3 Å². The predicted molar refractivity (Wildman–Crippen MR) is 68.7 cm³/mol. The molecular weight excluding hydrogens is 220 g/mol. The van der Waals surface area contributed by atoms with Gasteiger partial charge in [0, 0.05) is 24.6 Å². The second-order valence-corrected chi connectivity index (χ2v) is 5.23. The van der Waals surface area contributed by atoms with Crippen LogP contribution in [0.5, 0.6) is 0 Å². The molecule has 0 saturated carbocycles. The van der Waals surface area contributed by atoms with Gasteiger partial charge in [0.2, 0.25) is 0 Å². The van der Waals surface area contributed by atoms with Crippen LogP contribution >= 0.6 is 11.3 Å². The number of rotatable bonds is 7. The molecule has 1 aromatic heterocycles. The van der Waals surface area contributed by atoms with E-state index in [0.29, 0.717) is 6.61 Å². The Morgan fingerprint density at radius 2 is 2.12 bits per heavy atom. The Morgan fingerprint density at radius 3 is 2.69 bits per heavy atom. The maximum atomic E-state index is 5.06. The average molecular weight is 242 g/mol. The minimum atomic E-state index is 0.227. The van der Waals surface area contributed by atoms with Gasteiger partial charge in [0.1, 0.15) is 5.01 Å². The number of thiazole rings is 1. The van der Waals surface area contributed by atoms with Gasteiger partial charge in [-0.25, -0.2) is 4.98 Å². The van der Waals surface area contributed by atoms with Crippen LogP contribution in [-0.4, -0.2) is 17.6 Å². The Hall–Kier alpha value is -0.450. The maximum absolute atomic E-state index is 5.06. The molecule has 0 fully saturated rings. The lowest BCUT2D eigenvalue weighted by Crippen LogP contribution is -2.40. The minimum Gasteiger partial charge on any atom is -0.378 e. The van der Waals surface area contributed by atoms with E-state index in [4.69, 9.17) is 4.74 Å². The smallest absolute Gasteiger partial charge is 0.119 e. The van der Waals surface area contributed by atoms with Gasteiger partial charge in [0.15, 0.2) is 0 Å². The predicted octanol–water partition coefficient (Wildman–Crippen LogP) is 2.96. The Labute approximate surface area is 102 Å². The van der Waals surface area contributed by atoms with E-state index in [0.717, 1.165) is 30.1 Å². The van der Waals surface area contributed by atoms with E-state index in [1.54, 1.807) is 18.4 Å². The molecular formula is C12H22N2OS. The van der Waals surface area contributed by atoms with E-state index in [2.05, 4.69) is 36.5 Å². The third-order valence-corrected chi connectivity index (χ3v) is 4.00. The molecule has 3 nitrogen and oxygen atoms in total. The van der Waals surface area contributed by atoms with Crippen LogP contribution in [0.2, 0.25) is 0 Å². The third-order valence-electron chi connectivity index (χ3n) is 3.12. The molecule has 0 amide bonds. The average Bonchev–Trinajstić information content (AvgIpc) is 2.74. The fraction of sp³-hybridized carbons (Fsp3) is 0.750. The van der Waals surface area contributed by atoms with Gasteiger partial charge in [-0.2, -0.15) is 0 Å². The van der Waals surface area contributed by atoms with Gasteiger partial charge in [-0.3, -0.25) is 0 Å². The number of ether oxygens (including phenoxy) is 1. The molecule has 1 aromatic rings. The van der Waals surface area contributed by atoms with Crippen molar-refractivity contribution in [2.45, 2.75) is 52.3 Å². The van der Waals surface area contributed by atoms with Crippen LogP contribution in [0.25, 0.3) is 0 Å². The number of hydrogen-bond donors (Lipinski definition) is 1. The standard InChI is InChI=1S/C12H22N2OS/c1-5-12(3,6-2)13-7-10-9-16-11(14-10)8-15-4/h9,13H,5-8H2,1-4H3. The molecule has 1 rings (SSSR count). The molecule has 0 aliphatic rings. The quantitative estimate of drug-likeness (QED) is 0.798. The fourth-order valence-corrected chi connectivity index (χ4v) is 2.19. The van der Waals surface area contributed by atoms with Crippen LogP contribution in [0.4, 0.5) is 0 Å². The van der Waals surface area contributed by atoms with Gasteiger partial charge in [-0.05, 0) is 19.8 Å². The van der Waals surface area contributed by atoms with Crippen molar-refractivity contribution in [3.63, 3.8) is 0 Å². The molecule has 0 saturated heterocycles. The van der Waals surface area contributed by atoms with Gasteiger partial charge in [0.05, 0.1) is 12.3 Å². The summed E-state index contributed by atoms with van der Waals surface area (Å²) in [5, 5.41) is 6.72. The zero-order valence-corrected chi connectivity index (χ0v) is 11.5. The first-order valence-electron chi connectivity index (χ1n) is 5.80. The van der Waals surface area contributed by atoms with E-state index in [9.17, 15) is 0 Å². The van der Waals surface area contributed by atoms with Gasteiger partial charge in [-0.15, -0.1) is 11.3 Å². The van der Waals surface area contributed by atoms with Crippen LogP contribution in [0.1, 0.15) is 44.3 Å². The number of hydrogen-bond acceptors (Lipinski definition) is 4. The second-order valence-electron chi connectivity index (χ2n) is 4.29. The zero-order valence-electron chi connectivity index (χ0n) is 10.7. The Kier molecular flexibility index (Phi) is 5.38. The summed E-state index contributed by atoms with van der Waals surface area (Å²) in [4.78, 5) is 4.50. The van der Waals surface area contributed by atoms with E-state index >= 15 is 0 Å². The number of nitrogens with one attached hydrogen (secondary N) is 1. The summed E-state index contributed by atoms with van der Waals surface area (Å²) >= 11 is 1.66. The van der Waals surface area contributed by atoms with E-state index in [1.165, 1.54) is 0 Å². The van der Waals surface area contributed by atoms with Gasteiger partial charge >= 0.3 is 0 Å². The lowest BCUT2D eigenvalue weighted by molar-refractivity contribution is 0.184. The van der Waals surface area contributed by atoms with Gasteiger partial charge in [0.25, 0.3) is 0 Å². The number of aromatic nitrogens is 1. The van der Waals surface area contributed by atoms with Crippen LogP contribution in [0.3, 0.4) is 0 Å². The molecule has 0 aromatic carbocycles. The summed E-state index contributed by atoms with van der Waals surface area (Å²) in [7, 11) is 1.70. The Balaban J connectivity index is 2.47. The van der Waals surface area contributed by atoms with Crippen molar-refractivity contribution in [3.05, 3.63) is 16.1 Å². The van der Waals surface area contributed by atoms with Gasteiger partial charge < -0.3 is 10.1 Å². The summed E-state index contributed by atoms with van der Waals surface area (Å²) in [5.74, 6) is 0. The fourth-order valence-electron chi connectivity index (χ4n) is 1.42. The third kappa shape index (κ3) is 3.85. The molecule has 0 atom stereocenters. The molecule has 0 unspecified atom stereocenters. The molecule has 0 spiro atoms. The lowest BCUT2D eigenvalue weighted by Gasteiger charge is -2.27. The van der Waals surface area contributed by atoms with Crippen molar-refractivity contribution < 1.29 is 4.74 Å². The van der Waals surface area contributed by atoms with Crippen molar-refractivity contribution in [3.8, 4) is 0 Å². The van der Waals surface area contributed by atoms with Gasteiger partial charge in [-0.1, -0.05) is 13.8 Å². The van der Waals surface area contributed by atoms with Crippen molar-refractivity contribution in [2.24, 2.45) is 0 Å². The summed E-state index contributed by atoms with van der Waals surface area (Å²) < 4.78 is 5.06.